The number of aliphatic carboxylic acids is 2. The third kappa shape index (κ3) is 6.21. The molecule has 10 heteroatoms. The van der Waals surface area contributed by atoms with E-state index in [1.54, 1.807) is 0 Å². The molecule has 0 amide bonds. The number of carboxylic acid groups (broad SMARTS) is 2. The number of alkyl halides is 2. The van der Waals surface area contributed by atoms with Gasteiger partial charge in [0.1, 0.15) is 10.8 Å². The van der Waals surface area contributed by atoms with Crippen molar-refractivity contribution in [2.75, 3.05) is 65.4 Å². The molecule has 4 bridgehead atoms. The van der Waals surface area contributed by atoms with E-state index >= 15 is 0 Å². The summed E-state index contributed by atoms with van der Waals surface area (Å²) in [5, 5.41) is 19.2. The molecule has 6 saturated heterocycles. The van der Waals surface area contributed by atoms with Crippen molar-refractivity contribution in [1.82, 2.24) is 19.6 Å². The van der Waals surface area contributed by atoms with Crippen LogP contribution in [0.4, 0.5) is 0 Å². The Balaban J connectivity index is 1.02. The van der Waals surface area contributed by atoms with Crippen LogP contribution in [0.3, 0.4) is 0 Å². The van der Waals surface area contributed by atoms with Crippen molar-refractivity contribution in [3.05, 3.63) is 12.2 Å². The maximum Gasteiger partial charge on any atom is 0.321 e. The van der Waals surface area contributed by atoms with Crippen LogP contribution in [0, 0.1) is 74.4 Å². The molecule has 11 rings (SSSR count). The van der Waals surface area contributed by atoms with Crippen molar-refractivity contribution in [2.45, 2.75) is 135 Å². The maximum absolute atomic E-state index is 12.8. The van der Waals surface area contributed by atoms with Crippen molar-refractivity contribution in [3.63, 3.8) is 0 Å². The first kappa shape index (κ1) is 42.4. The maximum atomic E-state index is 12.8. The second-order valence-electron chi connectivity index (χ2n) is 23.2. The monoisotopic (exact) mass is 843 g/mol. The van der Waals surface area contributed by atoms with Crippen LogP contribution in [-0.2, 0) is 9.59 Å². The fraction of sp³-hybridized carbons (Fsp3) is 0.917. The van der Waals surface area contributed by atoms with Gasteiger partial charge in [0.15, 0.2) is 0 Å². The summed E-state index contributed by atoms with van der Waals surface area (Å²) >= 11 is 14.1. The Morgan fingerprint density at radius 2 is 1.29 bits per heavy atom. The van der Waals surface area contributed by atoms with Gasteiger partial charge in [-0.2, -0.15) is 0 Å². The number of carbonyl (C=O) groups is 2. The van der Waals surface area contributed by atoms with Crippen LogP contribution in [0.25, 0.3) is 0 Å². The quantitative estimate of drug-likeness (QED) is 0.168. The van der Waals surface area contributed by atoms with E-state index in [1.807, 2.05) is 0 Å². The van der Waals surface area contributed by atoms with Crippen molar-refractivity contribution >= 4 is 35.1 Å². The molecule has 5 saturated carbocycles. The minimum Gasteiger partial charge on any atom is -0.480 e. The summed E-state index contributed by atoms with van der Waals surface area (Å²) in [5.74, 6) is 1.19. The molecule has 11 fully saturated rings. The van der Waals surface area contributed by atoms with E-state index in [0.717, 1.165) is 84.7 Å². The zero-order valence-electron chi connectivity index (χ0n) is 36.7. The van der Waals surface area contributed by atoms with Gasteiger partial charge in [0.25, 0.3) is 0 Å². The summed E-state index contributed by atoms with van der Waals surface area (Å²) in [5.41, 5.74) is 1.98. The standard InChI is InChI=1S/C48H76Cl2N4O4/c1-29(2)30-10-15-48(26-31(40(49)42(55)56)34-27-51-18-22-53(34)23-19-51)17-16-46(6)33(39(30)48)8-9-37-45(5)13-11-32(44(3,4)36(45)12-14-47(37,46)7)38(41(50)43(57)58)35-28-52-20-24-54(35)25-21-52/h30-41H,1,8-28H2,2-7H3,(H,55,56)(H,57,58)/t30-,31?,32?,33+,34?,35?,36-,37+,38?,39+,40?,41?,45-,46+,47+,48+/m0/s1. The summed E-state index contributed by atoms with van der Waals surface area (Å²) in [7, 11) is 0. The first-order valence-corrected chi connectivity index (χ1v) is 24.6. The first-order chi connectivity index (χ1) is 27.4. The largest absolute Gasteiger partial charge is 0.480 e. The van der Waals surface area contributed by atoms with E-state index in [4.69, 9.17) is 23.2 Å². The van der Waals surface area contributed by atoms with Gasteiger partial charge in [-0.05, 0) is 140 Å². The molecule has 0 radical (unpaired) electrons. The molecule has 16 atom stereocenters. The number of carboxylic acids is 2. The Kier molecular flexibility index (Phi) is 10.9. The Bertz CT molecular complexity index is 1630. The normalized spacial score (nSPS) is 51.0. The van der Waals surface area contributed by atoms with Crippen LogP contribution in [0.2, 0.25) is 0 Å². The van der Waals surface area contributed by atoms with Gasteiger partial charge in [0.05, 0.1) is 0 Å². The van der Waals surface area contributed by atoms with E-state index in [9.17, 15) is 19.8 Å². The average Bonchev–Trinajstić information content (AvgIpc) is 3.58. The average molecular weight is 844 g/mol. The molecule has 58 heavy (non-hydrogen) atoms. The van der Waals surface area contributed by atoms with Crippen LogP contribution in [0.5, 0.6) is 0 Å². The molecule has 326 valence electrons. The third-order valence-corrected chi connectivity index (χ3v) is 22.2. The number of halogens is 2. The molecule has 0 spiro atoms. The summed E-state index contributed by atoms with van der Waals surface area (Å²) < 4.78 is 0. The molecule has 11 aliphatic rings. The number of hydrogen-bond acceptors (Lipinski definition) is 6. The Labute approximate surface area is 360 Å². The molecule has 8 nitrogen and oxygen atoms in total. The predicted octanol–water partition coefficient (Wildman–Crippen LogP) is 8.27. The minimum absolute atomic E-state index is 0.0207. The second kappa shape index (κ2) is 14.8. The fourth-order valence-electron chi connectivity index (χ4n) is 18.4. The van der Waals surface area contributed by atoms with Crippen molar-refractivity contribution in [3.8, 4) is 0 Å². The van der Waals surface area contributed by atoms with E-state index in [0.29, 0.717) is 29.6 Å². The lowest BCUT2D eigenvalue weighted by molar-refractivity contribution is -0.248. The molecule has 5 aliphatic carbocycles. The Morgan fingerprint density at radius 3 is 1.84 bits per heavy atom. The second-order valence-corrected chi connectivity index (χ2v) is 24.2. The Hall–Kier alpha value is -0.900. The minimum atomic E-state index is -0.871. The smallest absolute Gasteiger partial charge is 0.321 e. The zero-order chi connectivity index (χ0) is 41.3. The molecule has 6 aliphatic heterocycles. The van der Waals surface area contributed by atoms with Crippen molar-refractivity contribution in [2.24, 2.45) is 74.4 Å². The van der Waals surface area contributed by atoms with E-state index < -0.39 is 22.7 Å². The summed E-state index contributed by atoms with van der Waals surface area (Å²) in [4.78, 5) is 35.8. The third-order valence-electron chi connectivity index (χ3n) is 21.2. The van der Waals surface area contributed by atoms with Crippen LogP contribution in [0.15, 0.2) is 12.2 Å². The highest BCUT2D eigenvalue weighted by molar-refractivity contribution is 6.30. The van der Waals surface area contributed by atoms with Gasteiger partial charge in [-0.15, -0.1) is 23.2 Å². The van der Waals surface area contributed by atoms with Gasteiger partial charge in [-0.25, -0.2) is 0 Å². The van der Waals surface area contributed by atoms with Crippen molar-refractivity contribution in [1.29, 1.82) is 0 Å². The lowest BCUT2D eigenvalue weighted by Crippen LogP contribution is -2.69. The van der Waals surface area contributed by atoms with E-state index in [1.165, 1.54) is 56.9 Å². The number of hydrogen-bond donors (Lipinski definition) is 2. The predicted molar refractivity (Wildman–Crippen MR) is 232 cm³/mol. The molecule has 7 unspecified atom stereocenters. The molecule has 6 heterocycles. The molecule has 0 aromatic rings. The number of piperazine rings is 6. The molecular formula is C48H76Cl2N4O4. The van der Waals surface area contributed by atoms with Crippen LogP contribution in [-0.4, -0.2) is 130 Å². The Morgan fingerprint density at radius 1 is 0.690 bits per heavy atom. The number of fused-ring (bicyclic) bond motifs is 13. The van der Waals surface area contributed by atoms with Gasteiger partial charge in [-0.1, -0.05) is 46.8 Å². The SMILES string of the molecule is C=C(C)[C@@H]1CC[C@]2(CC(C(Cl)C(=O)O)C3CN4CCN3CC4)CC[C@]3(C)[C@H](CC[C@@H]4[C@@]5(C)CCC(C(C(Cl)C(=O)O)C6CN7CCN6CC7)C(C)(C)[C@@H]5CC[C@]43C)[C@@H]12. The fourth-order valence-corrected chi connectivity index (χ4v) is 19.0. The summed E-state index contributed by atoms with van der Waals surface area (Å²) in [6.45, 7) is 30.4. The van der Waals surface area contributed by atoms with Gasteiger partial charge in [-0.3, -0.25) is 29.2 Å². The number of allylic oxidation sites excluding steroid dienone is 1. The van der Waals surface area contributed by atoms with Gasteiger partial charge in [0.2, 0.25) is 0 Å². The van der Waals surface area contributed by atoms with Gasteiger partial charge >= 0.3 is 11.9 Å². The number of nitrogens with zero attached hydrogens (tertiary/aromatic N) is 4. The lowest BCUT2D eigenvalue weighted by Gasteiger charge is -2.73. The van der Waals surface area contributed by atoms with Crippen LogP contribution < -0.4 is 0 Å². The molecule has 0 aromatic carbocycles. The summed E-state index contributed by atoms with van der Waals surface area (Å²) in [6.07, 6.45) is 12.8. The zero-order valence-corrected chi connectivity index (χ0v) is 38.3. The van der Waals surface area contributed by atoms with E-state index in [-0.39, 0.29) is 56.9 Å². The summed E-state index contributed by atoms with van der Waals surface area (Å²) in [6, 6.07) is 0.419. The van der Waals surface area contributed by atoms with Crippen LogP contribution in [0.1, 0.15) is 112 Å². The van der Waals surface area contributed by atoms with Gasteiger partial charge in [0, 0.05) is 89.4 Å². The first-order valence-electron chi connectivity index (χ1n) is 23.7. The molecule has 2 N–H and O–H groups in total. The molecular weight excluding hydrogens is 767 g/mol. The highest BCUT2D eigenvalue weighted by atomic mass is 35.5. The highest BCUT2D eigenvalue weighted by Crippen LogP contribution is 2.79. The van der Waals surface area contributed by atoms with Crippen LogP contribution >= 0.6 is 23.2 Å². The molecule has 0 aromatic heterocycles. The van der Waals surface area contributed by atoms with E-state index in [2.05, 4.69) is 67.7 Å². The highest BCUT2D eigenvalue weighted by Gasteiger charge is 2.72. The van der Waals surface area contributed by atoms with Gasteiger partial charge < -0.3 is 10.2 Å². The lowest BCUT2D eigenvalue weighted by atomic mass is 9.31. The topological polar surface area (TPSA) is 87.6 Å². The number of rotatable bonds is 10. The van der Waals surface area contributed by atoms with Crippen molar-refractivity contribution < 1.29 is 19.8 Å².